The van der Waals surface area contributed by atoms with Gasteiger partial charge in [0.25, 0.3) is 5.56 Å². The third-order valence-electron chi connectivity index (χ3n) is 2.10. The highest BCUT2D eigenvalue weighted by Crippen LogP contribution is 1.97. The Morgan fingerprint density at radius 1 is 1.44 bits per heavy atom. The molecule has 2 aromatic heterocycles. The molecule has 2 aromatic rings. The van der Waals surface area contributed by atoms with Gasteiger partial charge in [-0.1, -0.05) is 0 Å². The summed E-state index contributed by atoms with van der Waals surface area (Å²) in [5.41, 5.74) is 5.02. The summed E-state index contributed by atoms with van der Waals surface area (Å²) in [4.78, 5) is 29.7. The number of aromatic nitrogens is 4. The van der Waals surface area contributed by atoms with E-state index in [0.29, 0.717) is 5.65 Å². The lowest BCUT2D eigenvalue weighted by molar-refractivity contribution is 0.621. The van der Waals surface area contributed by atoms with E-state index >= 15 is 0 Å². The second-order valence-electron chi connectivity index (χ2n) is 2.86. The molecule has 0 aliphatic carbocycles. The van der Waals surface area contributed by atoms with Crippen LogP contribution >= 0.6 is 0 Å². The number of aryl methyl sites for hydroxylation is 1. The van der Waals surface area contributed by atoms with Crippen molar-refractivity contribution in [2.24, 2.45) is 12.8 Å². The summed E-state index contributed by atoms with van der Waals surface area (Å²) < 4.78 is 2.22. The molecule has 0 unspecified atom stereocenters. The van der Waals surface area contributed by atoms with Crippen molar-refractivity contribution in [2.75, 3.05) is 0 Å². The van der Waals surface area contributed by atoms with Gasteiger partial charge in [0.2, 0.25) is 0 Å². The average Bonchev–Trinajstić information content (AvgIpc) is 2.64. The number of nitrogens with zero attached hydrogens (tertiary/aromatic N) is 3. The van der Waals surface area contributed by atoms with Crippen molar-refractivity contribution in [1.29, 1.82) is 0 Å². The summed E-state index contributed by atoms with van der Waals surface area (Å²) in [6.07, 6.45) is 1.37. The van der Waals surface area contributed by atoms with Gasteiger partial charge in [0.1, 0.15) is 5.52 Å². The molecule has 0 bridgehead atoms. The SMILES string of the molecule is Cn1c(=O)n(CN)c(=O)c2[nH]cnc21.O.O. The van der Waals surface area contributed by atoms with Gasteiger partial charge in [0.15, 0.2) is 5.65 Å². The molecule has 0 saturated carbocycles. The molecular weight excluding hydrogens is 218 g/mol. The maximum Gasteiger partial charge on any atom is 0.333 e. The van der Waals surface area contributed by atoms with Crippen molar-refractivity contribution < 1.29 is 11.0 Å². The lowest BCUT2D eigenvalue weighted by Crippen LogP contribution is -2.41. The van der Waals surface area contributed by atoms with Crippen molar-refractivity contribution in [2.45, 2.75) is 6.67 Å². The van der Waals surface area contributed by atoms with Crippen LogP contribution in [0.3, 0.4) is 0 Å². The number of aromatic amines is 1. The Balaban J connectivity index is 0.00000112. The summed E-state index contributed by atoms with van der Waals surface area (Å²) in [5, 5.41) is 0. The number of hydrogen-bond acceptors (Lipinski definition) is 4. The van der Waals surface area contributed by atoms with Crippen LogP contribution in [0.4, 0.5) is 0 Å². The fourth-order valence-corrected chi connectivity index (χ4v) is 1.35. The number of imidazole rings is 1. The highest BCUT2D eigenvalue weighted by atomic mass is 16.2. The largest absolute Gasteiger partial charge is 0.412 e. The molecule has 0 aliphatic heterocycles. The quantitative estimate of drug-likeness (QED) is 0.525. The number of nitrogens with one attached hydrogen (secondary N) is 1. The third kappa shape index (κ3) is 1.62. The summed E-state index contributed by atoms with van der Waals surface area (Å²) in [6.45, 7) is -0.138. The summed E-state index contributed by atoms with van der Waals surface area (Å²) >= 11 is 0. The Morgan fingerprint density at radius 2 is 2.06 bits per heavy atom. The molecule has 0 aromatic carbocycles. The Morgan fingerprint density at radius 3 is 2.62 bits per heavy atom. The van der Waals surface area contributed by atoms with Gasteiger partial charge in [-0.2, -0.15) is 0 Å². The highest BCUT2D eigenvalue weighted by molar-refractivity contribution is 5.68. The minimum Gasteiger partial charge on any atom is -0.412 e. The van der Waals surface area contributed by atoms with E-state index in [4.69, 9.17) is 5.73 Å². The molecule has 16 heavy (non-hydrogen) atoms. The topological polar surface area (TPSA) is 162 Å². The minimum atomic E-state index is -0.461. The van der Waals surface area contributed by atoms with E-state index in [1.807, 2.05) is 0 Å². The predicted octanol–water partition coefficient (Wildman–Crippen LogP) is -3.31. The molecule has 0 spiro atoms. The van der Waals surface area contributed by atoms with Crippen LogP contribution in [0.15, 0.2) is 15.9 Å². The first-order valence-corrected chi connectivity index (χ1v) is 3.99. The summed E-state index contributed by atoms with van der Waals surface area (Å²) in [5.74, 6) is 0. The van der Waals surface area contributed by atoms with E-state index in [9.17, 15) is 9.59 Å². The zero-order valence-corrected chi connectivity index (χ0v) is 8.52. The van der Waals surface area contributed by atoms with Gasteiger partial charge in [-0.15, -0.1) is 0 Å². The van der Waals surface area contributed by atoms with Crippen LogP contribution in [0.5, 0.6) is 0 Å². The van der Waals surface area contributed by atoms with Gasteiger partial charge < -0.3 is 21.7 Å². The van der Waals surface area contributed by atoms with Crippen LogP contribution in [-0.2, 0) is 13.7 Å². The van der Waals surface area contributed by atoms with Crippen LogP contribution in [0.1, 0.15) is 0 Å². The molecule has 0 atom stereocenters. The maximum absolute atomic E-state index is 11.6. The molecule has 0 radical (unpaired) electrons. The van der Waals surface area contributed by atoms with Gasteiger partial charge in [-0.3, -0.25) is 9.36 Å². The lowest BCUT2D eigenvalue weighted by Gasteiger charge is -2.03. The van der Waals surface area contributed by atoms with Crippen molar-refractivity contribution in [3.63, 3.8) is 0 Å². The number of fused-ring (bicyclic) bond motifs is 1. The molecular formula is C7H13N5O4. The Hall–Kier alpha value is -1.97. The molecule has 9 nitrogen and oxygen atoms in total. The van der Waals surface area contributed by atoms with Crippen molar-refractivity contribution in [1.82, 2.24) is 19.1 Å². The Labute approximate surface area is 88.8 Å². The average molecular weight is 231 g/mol. The molecule has 0 aliphatic rings. The molecule has 90 valence electrons. The van der Waals surface area contributed by atoms with E-state index in [1.54, 1.807) is 0 Å². The minimum absolute atomic E-state index is 0. The van der Waals surface area contributed by atoms with Crippen LogP contribution in [0, 0.1) is 0 Å². The van der Waals surface area contributed by atoms with Gasteiger partial charge in [-0.25, -0.2) is 14.3 Å². The van der Waals surface area contributed by atoms with Crippen LogP contribution in [0.25, 0.3) is 11.2 Å². The molecule has 2 heterocycles. The van der Waals surface area contributed by atoms with Crippen molar-refractivity contribution >= 4 is 11.2 Å². The first-order valence-electron chi connectivity index (χ1n) is 3.99. The van der Waals surface area contributed by atoms with E-state index in [1.165, 1.54) is 17.9 Å². The number of H-pyrrole nitrogens is 1. The van der Waals surface area contributed by atoms with Crippen LogP contribution < -0.4 is 17.0 Å². The molecule has 2 rings (SSSR count). The van der Waals surface area contributed by atoms with Crippen molar-refractivity contribution in [3.8, 4) is 0 Å². The number of hydrogen-bond donors (Lipinski definition) is 2. The molecule has 9 heteroatoms. The number of nitrogens with two attached hydrogens (primary N) is 1. The molecule has 0 saturated heterocycles. The number of rotatable bonds is 1. The molecule has 7 N–H and O–H groups in total. The first-order chi connectivity index (χ1) is 6.66. The first kappa shape index (κ1) is 14.0. The zero-order chi connectivity index (χ0) is 10.3. The summed E-state index contributed by atoms with van der Waals surface area (Å²) in [6, 6.07) is 0. The lowest BCUT2D eigenvalue weighted by atomic mass is 10.5. The van der Waals surface area contributed by atoms with Gasteiger partial charge in [-0.05, 0) is 0 Å². The van der Waals surface area contributed by atoms with E-state index in [-0.39, 0.29) is 23.1 Å². The molecule has 0 amide bonds. The van der Waals surface area contributed by atoms with Gasteiger partial charge >= 0.3 is 5.69 Å². The molecule has 0 fully saturated rings. The monoisotopic (exact) mass is 231 g/mol. The standard InChI is InChI=1S/C7H9N5O2.2H2O/c1-11-5-4(9-3-10-5)6(13)12(2-8)7(11)14;;/h3H,2,8H2,1H3,(H,9,10);2*1H2. The van der Waals surface area contributed by atoms with Crippen LogP contribution in [0.2, 0.25) is 0 Å². The predicted molar refractivity (Wildman–Crippen MR) is 57.0 cm³/mol. The smallest absolute Gasteiger partial charge is 0.333 e. The highest BCUT2D eigenvalue weighted by Gasteiger charge is 2.10. The second-order valence-corrected chi connectivity index (χ2v) is 2.86. The fourth-order valence-electron chi connectivity index (χ4n) is 1.35. The van der Waals surface area contributed by atoms with E-state index < -0.39 is 11.2 Å². The Bertz CT molecular complexity index is 595. The van der Waals surface area contributed by atoms with E-state index in [0.717, 1.165) is 4.57 Å². The zero-order valence-electron chi connectivity index (χ0n) is 8.52. The van der Waals surface area contributed by atoms with Gasteiger partial charge in [0, 0.05) is 7.05 Å². The fraction of sp³-hybridized carbons (Fsp3) is 0.286. The van der Waals surface area contributed by atoms with Gasteiger partial charge in [0.05, 0.1) is 13.0 Å². The second kappa shape index (κ2) is 4.70. The third-order valence-corrected chi connectivity index (χ3v) is 2.10. The van der Waals surface area contributed by atoms with E-state index in [2.05, 4.69) is 9.97 Å². The normalized spacial score (nSPS) is 9.62. The van der Waals surface area contributed by atoms with Crippen molar-refractivity contribution in [3.05, 3.63) is 27.2 Å². The Kier molecular flexibility index (Phi) is 4.12. The maximum atomic E-state index is 11.6. The van der Waals surface area contributed by atoms with Crippen LogP contribution in [-0.4, -0.2) is 30.1 Å². The summed E-state index contributed by atoms with van der Waals surface area (Å²) in [7, 11) is 1.54.